The second-order valence-electron chi connectivity index (χ2n) is 7.50. The van der Waals surface area contributed by atoms with E-state index in [0.717, 1.165) is 21.8 Å². The number of rotatable bonds is 7. The van der Waals surface area contributed by atoms with Gasteiger partial charge in [-0.3, -0.25) is 9.97 Å². The predicted octanol–water partition coefficient (Wildman–Crippen LogP) is 6.49. The summed E-state index contributed by atoms with van der Waals surface area (Å²) in [5.41, 5.74) is 4.61. The van der Waals surface area contributed by atoms with Crippen molar-refractivity contribution in [2.24, 2.45) is 0 Å². The molecule has 1 aromatic heterocycles. The van der Waals surface area contributed by atoms with Crippen molar-refractivity contribution >= 4 is 19.9 Å². The zero-order valence-electron chi connectivity index (χ0n) is 16.1. The van der Waals surface area contributed by atoms with E-state index in [1.54, 1.807) is 18.6 Å². The van der Waals surface area contributed by atoms with Gasteiger partial charge in [-0.25, -0.2) is 0 Å². The highest BCUT2D eigenvalue weighted by Gasteiger charge is 2.45. The molecule has 0 aliphatic heterocycles. The van der Waals surface area contributed by atoms with Crippen LogP contribution in [0.4, 0.5) is 0 Å². The molecule has 0 saturated carbocycles. The smallest absolute Gasteiger partial charge is 0.200 e. The number of aromatic nitrogens is 2. The van der Waals surface area contributed by atoms with Crippen LogP contribution in [0.1, 0.15) is 47.1 Å². The van der Waals surface area contributed by atoms with Crippen LogP contribution in [0, 0.1) is 0 Å². The van der Waals surface area contributed by atoms with Crippen molar-refractivity contribution in [1.29, 1.82) is 0 Å². The number of hydrogen-bond donors (Lipinski definition) is 0. The van der Waals surface area contributed by atoms with Crippen molar-refractivity contribution in [2.45, 2.75) is 64.8 Å². The topological polar surface area (TPSA) is 35.0 Å². The molecule has 0 fully saturated rings. The van der Waals surface area contributed by atoms with E-state index in [2.05, 4.69) is 51.5 Å². The first kappa shape index (κ1) is 20.1. The number of nitrogens with zero attached hydrogens (tertiary/aromatic N) is 2. The van der Waals surface area contributed by atoms with E-state index in [0.29, 0.717) is 23.2 Å². The van der Waals surface area contributed by atoms with Gasteiger partial charge in [0.2, 0.25) is 8.32 Å². The summed E-state index contributed by atoms with van der Waals surface area (Å²) in [6.07, 6.45) is 5.18. The van der Waals surface area contributed by atoms with Crippen LogP contribution in [0.5, 0.6) is 0 Å². The van der Waals surface area contributed by atoms with Crippen molar-refractivity contribution < 1.29 is 4.43 Å². The Morgan fingerprint density at radius 3 is 2.16 bits per heavy atom. The Bertz CT molecular complexity index is 668. The lowest BCUT2D eigenvalue weighted by Gasteiger charge is -2.42. The van der Waals surface area contributed by atoms with Crippen LogP contribution in [-0.2, 0) is 11.0 Å². The molecule has 2 rings (SSSR count). The molecule has 2 aromatic rings. The maximum Gasteiger partial charge on any atom is 0.200 e. The fourth-order valence-corrected chi connectivity index (χ4v) is 9.67. The first-order valence-electron chi connectivity index (χ1n) is 8.97. The minimum Gasteiger partial charge on any atom is -0.412 e. The molecule has 136 valence electrons. The van der Waals surface area contributed by atoms with E-state index < -0.39 is 8.32 Å². The summed E-state index contributed by atoms with van der Waals surface area (Å²) < 4.78 is 6.75. The molecule has 0 amide bonds. The first-order valence-corrected chi connectivity index (χ1v) is 11.5. The van der Waals surface area contributed by atoms with E-state index in [4.69, 9.17) is 16.0 Å². The highest BCUT2D eigenvalue weighted by Crippen LogP contribution is 2.43. The Morgan fingerprint density at radius 1 is 1.00 bits per heavy atom. The Hall–Kier alpha value is -1.23. The summed E-state index contributed by atoms with van der Waals surface area (Å²) in [5.74, 6) is 0. The Labute approximate surface area is 157 Å². The Balaban J connectivity index is 2.38. The third-order valence-electron chi connectivity index (χ3n) is 5.09. The van der Waals surface area contributed by atoms with Crippen molar-refractivity contribution in [2.75, 3.05) is 0 Å². The summed E-state index contributed by atoms with van der Waals surface area (Å²) in [4.78, 5) is 8.63. The summed E-state index contributed by atoms with van der Waals surface area (Å²) in [6, 6.07) is 5.90. The maximum atomic E-state index is 6.75. The highest BCUT2D eigenvalue weighted by atomic mass is 35.5. The van der Waals surface area contributed by atoms with Crippen LogP contribution in [0.25, 0.3) is 11.3 Å². The zero-order chi connectivity index (χ0) is 18.6. The van der Waals surface area contributed by atoms with Crippen molar-refractivity contribution in [1.82, 2.24) is 9.97 Å². The second-order valence-corrected chi connectivity index (χ2v) is 13.4. The van der Waals surface area contributed by atoms with Gasteiger partial charge in [0, 0.05) is 23.0 Å². The van der Waals surface area contributed by atoms with Gasteiger partial charge < -0.3 is 4.43 Å². The normalized spacial score (nSPS) is 12.4. The van der Waals surface area contributed by atoms with Gasteiger partial charge in [0.05, 0.1) is 18.5 Å². The number of halogens is 1. The molecule has 25 heavy (non-hydrogen) atoms. The van der Waals surface area contributed by atoms with Gasteiger partial charge in [0.25, 0.3) is 0 Å². The van der Waals surface area contributed by atoms with Crippen LogP contribution in [0.15, 0.2) is 36.8 Å². The zero-order valence-corrected chi connectivity index (χ0v) is 17.8. The van der Waals surface area contributed by atoms with E-state index in [1.165, 1.54) is 0 Å². The highest BCUT2D eigenvalue weighted by molar-refractivity contribution is 6.77. The van der Waals surface area contributed by atoms with Gasteiger partial charge in [-0.2, -0.15) is 0 Å². The SMILES string of the molecule is CC(C)[Si](OCc1cc(Cl)ccc1-c1cnccn1)(C(C)C)C(C)C. The van der Waals surface area contributed by atoms with E-state index >= 15 is 0 Å². The maximum absolute atomic E-state index is 6.75. The first-order chi connectivity index (χ1) is 11.8. The average molecular weight is 377 g/mol. The molecule has 1 heterocycles. The van der Waals surface area contributed by atoms with Crippen LogP contribution in [0.3, 0.4) is 0 Å². The van der Waals surface area contributed by atoms with Crippen LogP contribution >= 0.6 is 11.6 Å². The number of hydrogen-bond acceptors (Lipinski definition) is 3. The average Bonchev–Trinajstić information content (AvgIpc) is 2.55. The van der Waals surface area contributed by atoms with Crippen molar-refractivity contribution in [3.05, 3.63) is 47.4 Å². The van der Waals surface area contributed by atoms with Crippen LogP contribution in [-0.4, -0.2) is 18.3 Å². The Kier molecular flexibility index (Phi) is 6.77. The van der Waals surface area contributed by atoms with Crippen molar-refractivity contribution in [3.8, 4) is 11.3 Å². The molecular weight excluding hydrogens is 348 g/mol. The second kappa shape index (κ2) is 8.43. The molecule has 0 atom stereocenters. The molecule has 3 nitrogen and oxygen atoms in total. The summed E-state index contributed by atoms with van der Waals surface area (Å²) in [6.45, 7) is 14.4. The minimum absolute atomic E-state index is 0.548. The summed E-state index contributed by atoms with van der Waals surface area (Å²) in [5, 5.41) is 0.720. The molecule has 0 unspecified atom stereocenters. The van der Waals surface area contributed by atoms with Gasteiger partial charge >= 0.3 is 0 Å². The predicted molar refractivity (Wildman–Crippen MR) is 108 cm³/mol. The van der Waals surface area contributed by atoms with Gasteiger partial charge in [0.15, 0.2) is 0 Å². The van der Waals surface area contributed by atoms with Gasteiger partial charge in [-0.1, -0.05) is 59.2 Å². The van der Waals surface area contributed by atoms with Gasteiger partial charge in [-0.15, -0.1) is 0 Å². The molecular formula is C20H29ClN2OSi. The van der Waals surface area contributed by atoms with Crippen LogP contribution in [0.2, 0.25) is 21.6 Å². The lowest BCUT2D eigenvalue weighted by molar-refractivity contribution is 0.266. The molecule has 0 spiro atoms. The largest absolute Gasteiger partial charge is 0.412 e. The molecule has 0 N–H and O–H groups in total. The molecule has 0 aliphatic carbocycles. The van der Waals surface area contributed by atoms with E-state index in [-0.39, 0.29) is 0 Å². The fourth-order valence-electron chi connectivity index (χ4n) is 4.07. The fraction of sp³-hybridized carbons (Fsp3) is 0.500. The number of benzene rings is 1. The minimum atomic E-state index is -1.93. The van der Waals surface area contributed by atoms with Gasteiger partial charge in [-0.05, 0) is 34.3 Å². The summed E-state index contributed by atoms with van der Waals surface area (Å²) >= 11 is 6.26. The van der Waals surface area contributed by atoms with Gasteiger partial charge in [0.1, 0.15) is 0 Å². The van der Waals surface area contributed by atoms with Crippen molar-refractivity contribution in [3.63, 3.8) is 0 Å². The van der Waals surface area contributed by atoms with E-state index in [1.807, 2.05) is 18.2 Å². The molecule has 0 saturated heterocycles. The Morgan fingerprint density at radius 2 is 1.64 bits per heavy atom. The molecule has 1 aromatic carbocycles. The quantitative estimate of drug-likeness (QED) is 0.518. The van der Waals surface area contributed by atoms with Crippen LogP contribution < -0.4 is 0 Å². The third-order valence-corrected chi connectivity index (χ3v) is 11.4. The summed E-state index contributed by atoms with van der Waals surface area (Å²) in [7, 11) is -1.93. The molecule has 5 heteroatoms. The van der Waals surface area contributed by atoms with E-state index in [9.17, 15) is 0 Å². The molecule has 0 radical (unpaired) electrons. The monoisotopic (exact) mass is 376 g/mol. The standard InChI is InChI=1S/C20H29ClN2OSi/c1-14(2)25(15(3)4,16(5)6)24-13-17-11-18(21)7-8-19(17)20-12-22-9-10-23-20/h7-12,14-16H,13H2,1-6H3. The third kappa shape index (κ3) is 4.30. The molecule has 0 aliphatic rings. The molecule has 0 bridgehead atoms. The lowest BCUT2D eigenvalue weighted by atomic mass is 10.1. The lowest BCUT2D eigenvalue weighted by Crippen LogP contribution is -2.47.